The van der Waals surface area contributed by atoms with Gasteiger partial charge in [-0.2, -0.15) is 0 Å². The van der Waals surface area contributed by atoms with Crippen molar-refractivity contribution >= 4 is 5.69 Å². The lowest BCUT2D eigenvalue weighted by molar-refractivity contribution is 1.13. The largest absolute Gasteiger partial charge is 0.378 e. The van der Waals surface area contributed by atoms with Gasteiger partial charge in [-0.05, 0) is 12.1 Å². The SMILES string of the molecule is CN(C)c1cccc(-c2ncc[nH]2)c1. The smallest absolute Gasteiger partial charge is 0.137 e. The van der Waals surface area contributed by atoms with Crippen molar-refractivity contribution in [2.24, 2.45) is 0 Å². The molecule has 72 valence electrons. The lowest BCUT2D eigenvalue weighted by atomic mass is 10.2. The Balaban J connectivity index is 2.41. The first-order valence-corrected chi connectivity index (χ1v) is 4.54. The second kappa shape index (κ2) is 3.54. The highest BCUT2D eigenvalue weighted by molar-refractivity contribution is 5.62. The van der Waals surface area contributed by atoms with Gasteiger partial charge in [0, 0.05) is 37.7 Å². The van der Waals surface area contributed by atoms with Crippen molar-refractivity contribution in [1.82, 2.24) is 9.97 Å². The predicted octanol–water partition coefficient (Wildman–Crippen LogP) is 2.14. The number of benzene rings is 1. The van der Waals surface area contributed by atoms with E-state index in [-0.39, 0.29) is 0 Å². The van der Waals surface area contributed by atoms with E-state index < -0.39 is 0 Å². The van der Waals surface area contributed by atoms with Crippen LogP contribution in [0.25, 0.3) is 11.4 Å². The Hall–Kier alpha value is -1.77. The van der Waals surface area contributed by atoms with Crippen LogP contribution < -0.4 is 4.90 Å². The molecule has 0 unspecified atom stereocenters. The molecule has 3 heteroatoms. The maximum Gasteiger partial charge on any atom is 0.137 e. The zero-order valence-electron chi connectivity index (χ0n) is 8.36. The van der Waals surface area contributed by atoms with Gasteiger partial charge in [0.1, 0.15) is 5.82 Å². The molecule has 2 aromatic rings. The molecule has 3 nitrogen and oxygen atoms in total. The highest BCUT2D eigenvalue weighted by Gasteiger charge is 2.01. The van der Waals surface area contributed by atoms with Gasteiger partial charge in [0.05, 0.1) is 0 Å². The number of imidazole rings is 1. The standard InChI is InChI=1S/C11H13N3/c1-14(2)10-5-3-4-9(8-10)11-12-6-7-13-11/h3-8H,1-2H3,(H,12,13). The van der Waals surface area contributed by atoms with Gasteiger partial charge in [0.2, 0.25) is 0 Å². The van der Waals surface area contributed by atoms with Crippen LogP contribution in [0.1, 0.15) is 0 Å². The molecule has 0 aliphatic rings. The molecule has 0 saturated carbocycles. The summed E-state index contributed by atoms with van der Waals surface area (Å²) < 4.78 is 0. The monoisotopic (exact) mass is 187 g/mol. The molecule has 1 heterocycles. The van der Waals surface area contributed by atoms with Crippen LogP contribution in [-0.4, -0.2) is 24.1 Å². The average molecular weight is 187 g/mol. The Bertz CT molecular complexity index is 404. The van der Waals surface area contributed by atoms with Gasteiger partial charge in [-0.15, -0.1) is 0 Å². The van der Waals surface area contributed by atoms with E-state index in [4.69, 9.17) is 0 Å². The first-order chi connectivity index (χ1) is 6.77. The first kappa shape index (κ1) is 8.81. The average Bonchev–Trinajstić information content (AvgIpc) is 2.71. The van der Waals surface area contributed by atoms with Crippen molar-refractivity contribution in [3.05, 3.63) is 36.7 Å². The number of nitrogens with one attached hydrogen (secondary N) is 1. The van der Waals surface area contributed by atoms with Crippen molar-refractivity contribution in [2.45, 2.75) is 0 Å². The summed E-state index contributed by atoms with van der Waals surface area (Å²) in [5, 5.41) is 0. The fourth-order valence-electron chi connectivity index (χ4n) is 1.35. The van der Waals surface area contributed by atoms with Gasteiger partial charge in [-0.25, -0.2) is 4.98 Å². The van der Waals surface area contributed by atoms with E-state index >= 15 is 0 Å². The van der Waals surface area contributed by atoms with Crippen molar-refractivity contribution in [2.75, 3.05) is 19.0 Å². The number of hydrogen-bond donors (Lipinski definition) is 1. The van der Waals surface area contributed by atoms with E-state index in [1.165, 1.54) is 5.69 Å². The third kappa shape index (κ3) is 1.62. The molecule has 0 atom stereocenters. The third-order valence-electron chi connectivity index (χ3n) is 2.13. The Morgan fingerprint density at radius 3 is 2.79 bits per heavy atom. The minimum absolute atomic E-state index is 0.911. The van der Waals surface area contributed by atoms with Gasteiger partial charge in [-0.1, -0.05) is 12.1 Å². The number of H-pyrrole nitrogens is 1. The number of aromatic amines is 1. The maximum atomic E-state index is 4.21. The molecule has 0 fully saturated rings. The van der Waals surface area contributed by atoms with Gasteiger partial charge >= 0.3 is 0 Å². The number of aromatic nitrogens is 2. The van der Waals surface area contributed by atoms with E-state index in [0.29, 0.717) is 0 Å². The summed E-state index contributed by atoms with van der Waals surface area (Å²) in [6.45, 7) is 0. The molecule has 0 aliphatic carbocycles. The molecule has 0 amide bonds. The first-order valence-electron chi connectivity index (χ1n) is 4.54. The summed E-state index contributed by atoms with van der Waals surface area (Å²) in [5.74, 6) is 0.911. The second-order valence-corrected chi connectivity index (χ2v) is 3.38. The van der Waals surface area contributed by atoms with Crippen molar-refractivity contribution in [1.29, 1.82) is 0 Å². The van der Waals surface area contributed by atoms with E-state index in [1.807, 2.05) is 32.4 Å². The summed E-state index contributed by atoms with van der Waals surface area (Å²) in [7, 11) is 4.06. The summed E-state index contributed by atoms with van der Waals surface area (Å²) in [6.07, 6.45) is 3.59. The lowest BCUT2D eigenvalue weighted by Gasteiger charge is -2.12. The number of anilines is 1. The lowest BCUT2D eigenvalue weighted by Crippen LogP contribution is -2.08. The van der Waals surface area contributed by atoms with Crippen LogP contribution in [0.3, 0.4) is 0 Å². The van der Waals surface area contributed by atoms with Gasteiger partial charge < -0.3 is 9.88 Å². The molecule has 2 rings (SSSR count). The van der Waals surface area contributed by atoms with Gasteiger partial charge in [0.15, 0.2) is 0 Å². The Labute approximate surface area is 83.4 Å². The Morgan fingerprint density at radius 2 is 2.14 bits per heavy atom. The van der Waals surface area contributed by atoms with Crippen LogP contribution in [0.2, 0.25) is 0 Å². The molecule has 14 heavy (non-hydrogen) atoms. The van der Waals surface area contributed by atoms with Gasteiger partial charge in [0.25, 0.3) is 0 Å². The van der Waals surface area contributed by atoms with Crippen LogP contribution in [0.5, 0.6) is 0 Å². The number of nitrogens with zero attached hydrogens (tertiary/aromatic N) is 2. The van der Waals surface area contributed by atoms with Crippen molar-refractivity contribution < 1.29 is 0 Å². The summed E-state index contributed by atoms with van der Waals surface area (Å²) in [4.78, 5) is 9.38. The van der Waals surface area contributed by atoms with Crippen LogP contribution in [0, 0.1) is 0 Å². The normalized spacial score (nSPS) is 10.1. The fraction of sp³-hybridized carbons (Fsp3) is 0.182. The van der Waals surface area contributed by atoms with Crippen LogP contribution in [-0.2, 0) is 0 Å². The van der Waals surface area contributed by atoms with Crippen molar-refractivity contribution in [3.8, 4) is 11.4 Å². The highest BCUT2D eigenvalue weighted by atomic mass is 15.1. The molecule has 0 radical (unpaired) electrons. The molecule has 1 aromatic heterocycles. The minimum atomic E-state index is 0.911. The molecular formula is C11H13N3. The molecule has 0 bridgehead atoms. The minimum Gasteiger partial charge on any atom is -0.378 e. The number of rotatable bonds is 2. The summed E-state index contributed by atoms with van der Waals surface area (Å²) >= 11 is 0. The summed E-state index contributed by atoms with van der Waals surface area (Å²) in [5.41, 5.74) is 2.29. The van der Waals surface area contributed by atoms with Crippen LogP contribution >= 0.6 is 0 Å². The fourth-order valence-corrected chi connectivity index (χ4v) is 1.35. The van der Waals surface area contributed by atoms with E-state index in [0.717, 1.165) is 11.4 Å². The highest BCUT2D eigenvalue weighted by Crippen LogP contribution is 2.20. The Morgan fingerprint density at radius 1 is 1.29 bits per heavy atom. The molecule has 0 spiro atoms. The second-order valence-electron chi connectivity index (χ2n) is 3.38. The zero-order valence-corrected chi connectivity index (χ0v) is 8.36. The third-order valence-corrected chi connectivity index (χ3v) is 2.13. The van der Waals surface area contributed by atoms with E-state index in [9.17, 15) is 0 Å². The van der Waals surface area contributed by atoms with E-state index in [2.05, 4.69) is 27.0 Å². The quantitative estimate of drug-likeness (QED) is 0.781. The summed E-state index contributed by atoms with van der Waals surface area (Å²) in [6, 6.07) is 8.27. The number of hydrogen-bond acceptors (Lipinski definition) is 2. The predicted molar refractivity (Wildman–Crippen MR) is 58.4 cm³/mol. The Kier molecular flexibility index (Phi) is 2.23. The zero-order chi connectivity index (χ0) is 9.97. The van der Waals surface area contributed by atoms with E-state index in [1.54, 1.807) is 6.20 Å². The van der Waals surface area contributed by atoms with Crippen LogP contribution in [0.4, 0.5) is 5.69 Å². The van der Waals surface area contributed by atoms with Gasteiger partial charge in [-0.3, -0.25) is 0 Å². The molecule has 0 aliphatic heterocycles. The molecular weight excluding hydrogens is 174 g/mol. The topological polar surface area (TPSA) is 31.9 Å². The molecule has 1 aromatic carbocycles. The maximum absolute atomic E-state index is 4.21. The molecule has 1 N–H and O–H groups in total. The van der Waals surface area contributed by atoms with Crippen LogP contribution in [0.15, 0.2) is 36.7 Å². The molecule has 0 saturated heterocycles. The van der Waals surface area contributed by atoms with Crippen molar-refractivity contribution in [3.63, 3.8) is 0 Å².